The lowest BCUT2D eigenvalue weighted by atomic mass is 9.96. The monoisotopic (exact) mass is 210 g/mol. The summed E-state index contributed by atoms with van der Waals surface area (Å²) >= 11 is 0. The molecule has 0 atom stereocenters. The fourth-order valence-corrected chi connectivity index (χ4v) is 1.51. The Hall–Kier alpha value is -1.29. The molecule has 0 radical (unpaired) electrons. The van der Waals surface area contributed by atoms with Crippen LogP contribution in [0.2, 0.25) is 0 Å². The Balaban J connectivity index is 1.97. The van der Waals surface area contributed by atoms with Crippen LogP contribution in [0.4, 0.5) is 0 Å². The number of hydrogen-bond acceptors (Lipinski definition) is 3. The molecular weight excluding hydrogens is 196 g/mol. The van der Waals surface area contributed by atoms with Crippen LogP contribution in [0, 0.1) is 6.92 Å². The van der Waals surface area contributed by atoms with E-state index in [1.165, 1.54) is 12.5 Å². The van der Waals surface area contributed by atoms with E-state index in [-0.39, 0.29) is 5.76 Å². The van der Waals surface area contributed by atoms with E-state index < -0.39 is 5.97 Å². The van der Waals surface area contributed by atoms with Crippen molar-refractivity contribution in [1.29, 1.82) is 0 Å². The standard InChI is InChI=1S/C11H14O4/c1-7-8(5-10(15-7)11(12)13)6-14-9-3-2-4-9/h5,9H,2-4,6H2,1H3,(H,12,13). The number of carboxylic acids is 1. The van der Waals surface area contributed by atoms with Crippen LogP contribution < -0.4 is 0 Å². The fraction of sp³-hybridized carbons (Fsp3) is 0.545. The number of aryl methyl sites for hydroxylation is 1. The number of furan rings is 1. The van der Waals surface area contributed by atoms with Gasteiger partial charge in [0.25, 0.3) is 0 Å². The van der Waals surface area contributed by atoms with Crippen molar-refractivity contribution in [2.75, 3.05) is 0 Å². The Morgan fingerprint density at radius 2 is 2.40 bits per heavy atom. The predicted molar refractivity (Wildman–Crippen MR) is 52.8 cm³/mol. The van der Waals surface area contributed by atoms with Crippen LogP contribution in [0.15, 0.2) is 10.5 Å². The van der Waals surface area contributed by atoms with Crippen LogP contribution in [0.3, 0.4) is 0 Å². The Labute approximate surface area is 87.8 Å². The van der Waals surface area contributed by atoms with E-state index in [0.717, 1.165) is 18.4 Å². The smallest absolute Gasteiger partial charge is 0.371 e. The predicted octanol–water partition coefficient (Wildman–Crippen LogP) is 2.36. The van der Waals surface area contributed by atoms with Crippen LogP contribution in [-0.2, 0) is 11.3 Å². The first-order valence-corrected chi connectivity index (χ1v) is 5.11. The summed E-state index contributed by atoms with van der Waals surface area (Å²) in [5.41, 5.74) is 0.833. The molecule has 15 heavy (non-hydrogen) atoms. The fourth-order valence-electron chi connectivity index (χ4n) is 1.51. The number of carboxylic acid groups (broad SMARTS) is 1. The maximum absolute atomic E-state index is 10.6. The van der Waals surface area contributed by atoms with Crippen LogP contribution in [0.5, 0.6) is 0 Å². The molecule has 0 amide bonds. The molecule has 1 fully saturated rings. The first-order chi connectivity index (χ1) is 7.16. The van der Waals surface area contributed by atoms with Crippen molar-refractivity contribution in [3.8, 4) is 0 Å². The lowest BCUT2D eigenvalue weighted by Gasteiger charge is -2.25. The van der Waals surface area contributed by atoms with Crippen LogP contribution >= 0.6 is 0 Å². The summed E-state index contributed by atoms with van der Waals surface area (Å²) in [5, 5.41) is 8.72. The Morgan fingerprint density at radius 3 is 2.87 bits per heavy atom. The summed E-state index contributed by atoms with van der Waals surface area (Å²) in [6.45, 7) is 2.21. The largest absolute Gasteiger partial charge is 0.475 e. The molecule has 1 aromatic rings. The van der Waals surface area contributed by atoms with Crippen molar-refractivity contribution in [2.24, 2.45) is 0 Å². The zero-order valence-corrected chi connectivity index (χ0v) is 8.66. The summed E-state index contributed by atoms with van der Waals surface area (Å²) in [6.07, 6.45) is 3.81. The minimum Gasteiger partial charge on any atom is -0.475 e. The zero-order chi connectivity index (χ0) is 10.8. The highest BCUT2D eigenvalue weighted by Crippen LogP contribution is 2.24. The van der Waals surface area contributed by atoms with E-state index in [1.54, 1.807) is 6.92 Å². The highest BCUT2D eigenvalue weighted by molar-refractivity contribution is 5.84. The van der Waals surface area contributed by atoms with Gasteiger partial charge in [-0.15, -0.1) is 0 Å². The first-order valence-electron chi connectivity index (χ1n) is 5.11. The summed E-state index contributed by atoms with van der Waals surface area (Å²) in [6, 6.07) is 1.54. The number of rotatable bonds is 4. The third-order valence-corrected chi connectivity index (χ3v) is 2.76. The zero-order valence-electron chi connectivity index (χ0n) is 8.66. The van der Waals surface area contributed by atoms with Gasteiger partial charge in [-0.05, 0) is 32.3 Å². The molecule has 0 aromatic carbocycles. The number of hydrogen-bond donors (Lipinski definition) is 1. The molecule has 82 valence electrons. The second-order valence-electron chi connectivity index (χ2n) is 3.86. The van der Waals surface area contributed by atoms with Crippen molar-refractivity contribution >= 4 is 5.97 Å². The minimum atomic E-state index is -1.03. The maximum Gasteiger partial charge on any atom is 0.371 e. The second kappa shape index (κ2) is 4.06. The third-order valence-electron chi connectivity index (χ3n) is 2.76. The van der Waals surface area contributed by atoms with Crippen LogP contribution in [0.1, 0.15) is 41.1 Å². The van der Waals surface area contributed by atoms with Crippen molar-refractivity contribution in [1.82, 2.24) is 0 Å². The SMILES string of the molecule is Cc1oc(C(=O)O)cc1COC1CCC1. The second-order valence-corrected chi connectivity index (χ2v) is 3.86. The molecule has 4 heteroatoms. The highest BCUT2D eigenvalue weighted by Gasteiger charge is 2.19. The van der Waals surface area contributed by atoms with Gasteiger partial charge in [0.15, 0.2) is 0 Å². The molecule has 1 aliphatic rings. The van der Waals surface area contributed by atoms with Gasteiger partial charge in [0.2, 0.25) is 5.76 Å². The molecule has 0 bridgehead atoms. The Kier molecular flexibility index (Phi) is 2.77. The van der Waals surface area contributed by atoms with Crippen molar-refractivity contribution < 1.29 is 19.1 Å². The third kappa shape index (κ3) is 2.21. The number of ether oxygens (including phenoxy) is 1. The van der Waals surface area contributed by atoms with Gasteiger partial charge in [-0.1, -0.05) is 0 Å². The highest BCUT2D eigenvalue weighted by atomic mass is 16.5. The molecule has 1 saturated carbocycles. The van der Waals surface area contributed by atoms with E-state index in [1.807, 2.05) is 0 Å². The van der Waals surface area contributed by atoms with Crippen LogP contribution in [-0.4, -0.2) is 17.2 Å². The van der Waals surface area contributed by atoms with Gasteiger partial charge < -0.3 is 14.3 Å². The van der Waals surface area contributed by atoms with E-state index in [4.69, 9.17) is 14.3 Å². The van der Waals surface area contributed by atoms with Gasteiger partial charge in [0.1, 0.15) is 5.76 Å². The van der Waals surface area contributed by atoms with Crippen LogP contribution in [0.25, 0.3) is 0 Å². The summed E-state index contributed by atoms with van der Waals surface area (Å²) in [5.74, 6) is -0.417. The topological polar surface area (TPSA) is 59.7 Å². The number of carbonyl (C=O) groups is 1. The van der Waals surface area contributed by atoms with Crippen molar-refractivity contribution in [3.05, 3.63) is 23.2 Å². The van der Waals surface area contributed by atoms with Gasteiger partial charge in [-0.2, -0.15) is 0 Å². The van der Waals surface area contributed by atoms with E-state index >= 15 is 0 Å². The normalized spacial score (nSPS) is 16.3. The summed E-state index contributed by atoms with van der Waals surface area (Å²) in [7, 11) is 0. The maximum atomic E-state index is 10.6. The molecule has 2 rings (SSSR count). The summed E-state index contributed by atoms with van der Waals surface area (Å²) in [4.78, 5) is 10.6. The quantitative estimate of drug-likeness (QED) is 0.828. The lowest BCUT2D eigenvalue weighted by Crippen LogP contribution is -2.21. The molecule has 1 N–H and O–H groups in total. The molecule has 4 nitrogen and oxygen atoms in total. The van der Waals surface area contributed by atoms with Crippen molar-refractivity contribution in [3.63, 3.8) is 0 Å². The molecule has 0 unspecified atom stereocenters. The molecular formula is C11H14O4. The van der Waals surface area contributed by atoms with Gasteiger partial charge in [-0.3, -0.25) is 0 Å². The first kappa shape index (κ1) is 10.2. The van der Waals surface area contributed by atoms with Gasteiger partial charge in [-0.25, -0.2) is 4.79 Å². The Bertz CT molecular complexity index is 363. The summed E-state index contributed by atoms with van der Waals surface area (Å²) < 4.78 is 10.7. The van der Waals surface area contributed by atoms with E-state index in [2.05, 4.69) is 0 Å². The average Bonchev–Trinajstić information content (AvgIpc) is 2.45. The molecule has 1 aromatic heterocycles. The minimum absolute atomic E-state index is 0.0142. The average molecular weight is 210 g/mol. The Morgan fingerprint density at radius 1 is 1.67 bits per heavy atom. The van der Waals surface area contributed by atoms with Gasteiger partial charge in [0, 0.05) is 5.56 Å². The lowest BCUT2D eigenvalue weighted by molar-refractivity contribution is -0.00908. The molecule has 1 heterocycles. The van der Waals surface area contributed by atoms with Crippen molar-refractivity contribution in [2.45, 2.75) is 38.9 Å². The molecule has 0 aliphatic heterocycles. The number of aromatic carboxylic acids is 1. The van der Waals surface area contributed by atoms with E-state index in [9.17, 15) is 4.79 Å². The molecule has 0 spiro atoms. The van der Waals surface area contributed by atoms with Gasteiger partial charge >= 0.3 is 5.97 Å². The molecule has 1 aliphatic carbocycles. The van der Waals surface area contributed by atoms with E-state index in [0.29, 0.717) is 18.5 Å². The van der Waals surface area contributed by atoms with Gasteiger partial charge in [0.05, 0.1) is 12.7 Å². The molecule has 0 saturated heterocycles.